The second kappa shape index (κ2) is 8.29. The molecule has 1 fully saturated rings. The van der Waals surface area contributed by atoms with E-state index >= 15 is 0 Å². The van der Waals surface area contributed by atoms with Crippen molar-refractivity contribution >= 4 is 40.2 Å². The van der Waals surface area contributed by atoms with Crippen molar-refractivity contribution in [3.05, 3.63) is 58.1 Å². The summed E-state index contributed by atoms with van der Waals surface area (Å²) in [6, 6.07) is 13.4. The smallest absolute Gasteiger partial charge is 0.356 e. The maximum Gasteiger partial charge on any atom is 0.356 e. The normalized spacial score (nSPS) is 16.1. The van der Waals surface area contributed by atoms with E-state index in [1.807, 2.05) is 22.8 Å². The maximum atomic E-state index is 10.8. The van der Waals surface area contributed by atoms with Gasteiger partial charge in [-0.05, 0) is 29.8 Å². The van der Waals surface area contributed by atoms with Gasteiger partial charge in [0, 0.05) is 12.8 Å². The minimum absolute atomic E-state index is 0.355. The first-order chi connectivity index (χ1) is 13.5. The zero-order valence-corrected chi connectivity index (χ0v) is 17.3. The molecule has 0 radical (unpaired) electrons. The molecule has 1 aliphatic rings. The van der Waals surface area contributed by atoms with E-state index in [1.54, 1.807) is 23.1 Å². The summed E-state index contributed by atoms with van der Waals surface area (Å²) in [5.74, 6) is 0.666. The number of anilines is 1. The van der Waals surface area contributed by atoms with Crippen molar-refractivity contribution in [2.24, 2.45) is 0 Å². The number of fused-ring (bicyclic) bond motifs is 1. The summed E-state index contributed by atoms with van der Waals surface area (Å²) in [6.07, 6.45) is 1.89. The molecular formula is C21H26Cl2N4O+2. The summed E-state index contributed by atoms with van der Waals surface area (Å²) in [7, 11) is 0. The van der Waals surface area contributed by atoms with Crippen LogP contribution in [0.1, 0.15) is 24.5 Å². The average Bonchev–Trinajstić information content (AvgIpc) is 3.30. The van der Waals surface area contributed by atoms with Crippen molar-refractivity contribution in [1.29, 1.82) is 0 Å². The Morgan fingerprint density at radius 2 is 1.86 bits per heavy atom. The van der Waals surface area contributed by atoms with Crippen LogP contribution in [0.4, 0.5) is 5.95 Å². The second-order valence-electron chi connectivity index (χ2n) is 7.51. The van der Waals surface area contributed by atoms with Crippen LogP contribution in [-0.4, -0.2) is 29.3 Å². The molecule has 4 N–H and O–H groups in total. The molecule has 7 heteroatoms. The van der Waals surface area contributed by atoms with Crippen LogP contribution in [0.25, 0.3) is 11.0 Å². The lowest BCUT2D eigenvalue weighted by Crippen LogP contribution is -3.10. The van der Waals surface area contributed by atoms with Crippen LogP contribution >= 0.6 is 23.2 Å². The lowest BCUT2D eigenvalue weighted by molar-refractivity contribution is -0.888. The van der Waals surface area contributed by atoms with Gasteiger partial charge in [-0.15, -0.1) is 0 Å². The fraction of sp³-hybridized carbons (Fsp3) is 0.381. The number of hydrogen-bond acceptors (Lipinski definition) is 2. The third kappa shape index (κ3) is 3.85. The molecule has 2 aromatic carbocycles. The van der Waals surface area contributed by atoms with Gasteiger partial charge in [-0.25, -0.2) is 9.13 Å². The number of likely N-dealkylation sites (tertiary alicyclic amines) is 1. The van der Waals surface area contributed by atoms with Crippen molar-refractivity contribution < 1.29 is 14.6 Å². The number of para-hydroxylation sites is 2. The third-order valence-electron chi connectivity index (χ3n) is 5.70. The van der Waals surface area contributed by atoms with Gasteiger partial charge >= 0.3 is 5.95 Å². The van der Waals surface area contributed by atoms with Crippen LogP contribution in [0, 0.1) is 0 Å². The maximum absolute atomic E-state index is 10.8. The summed E-state index contributed by atoms with van der Waals surface area (Å²) < 4.78 is 4.16. The molecule has 148 valence electrons. The monoisotopic (exact) mass is 420 g/mol. The van der Waals surface area contributed by atoms with Gasteiger partial charge in [0.1, 0.15) is 36.8 Å². The lowest BCUT2D eigenvalue weighted by atomic mass is 10.1. The number of halogens is 2. The van der Waals surface area contributed by atoms with Gasteiger partial charge in [0.05, 0.1) is 23.1 Å². The van der Waals surface area contributed by atoms with Gasteiger partial charge in [-0.3, -0.25) is 5.73 Å². The van der Waals surface area contributed by atoms with Crippen LogP contribution < -0.4 is 15.2 Å². The third-order valence-corrected chi connectivity index (χ3v) is 6.44. The molecule has 0 spiro atoms. The second-order valence-corrected chi connectivity index (χ2v) is 8.32. The van der Waals surface area contributed by atoms with Crippen molar-refractivity contribution in [3.8, 4) is 0 Å². The molecule has 1 atom stereocenters. The number of nitrogens with two attached hydrogens (primary N) is 1. The minimum Gasteiger partial charge on any atom is -0.385 e. The Kier molecular flexibility index (Phi) is 5.78. The number of nitrogens with zero attached hydrogens (tertiary/aromatic N) is 2. The van der Waals surface area contributed by atoms with Crippen LogP contribution in [0.3, 0.4) is 0 Å². The van der Waals surface area contributed by atoms with Crippen LogP contribution in [0.15, 0.2) is 42.5 Å². The van der Waals surface area contributed by atoms with Crippen molar-refractivity contribution in [2.45, 2.75) is 32.0 Å². The highest BCUT2D eigenvalue weighted by Gasteiger charge is 2.25. The van der Waals surface area contributed by atoms with Crippen molar-refractivity contribution in [2.75, 3.05) is 25.4 Å². The number of nitrogen functional groups attached to an aromatic ring is 1. The van der Waals surface area contributed by atoms with E-state index < -0.39 is 6.10 Å². The first-order valence-corrected chi connectivity index (χ1v) is 10.5. The molecule has 0 saturated carbocycles. The Morgan fingerprint density at radius 1 is 1.11 bits per heavy atom. The van der Waals surface area contributed by atoms with Gasteiger partial charge in [-0.1, -0.05) is 41.4 Å². The zero-order valence-electron chi connectivity index (χ0n) is 15.7. The first kappa shape index (κ1) is 19.5. The van der Waals surface area contributed by atoms with E-state index in [2.05, 4.69) is 10.6 Å². The van der Waals surface area contributed by atoms with E-state index in [4.69, 9.17) is 28.9 Å². The van der Waals surface area contributed by atoms with Gasteiger partial charge < -0.3 is 10.0 Å². The highest BCUT2D eigenvalue weighted by atomic mass is 35.5. The first-order valence-electron chi connectivity index (χ1n) is 9.77. The molecule has 3 aromatic rings. The standard InChI is InChI=1S/C21H24Cl2N4O/c22-16-8-7-15(13-17(16)23)20(28)14-27-19-6-2-1-5-18(19)26(21(27)24)12-11-25-9-3-4-10-25/h1-2,5-8,13,20,24,28H,3-4,9-12,14H2/p+2/t20-/m0/s1. The summed E-state index contributed by atoms with van der Waals surface area (Å²) in [5.41, 5.74) is 9.38. The minimum atomic E-state index is -0.731. The lowest BCUT2D eigenvalue weighted by Gasteiger charge is -2.12. The molecule has 1 aliphatic heterocycles. The molecule has 4 rings (SSSR count). The number of benzene rings is 2. The Labute approximate surface area is 174 Å². The molecule has 1 aromatic heterocycles. The highest BCUT2D eigenvalue weighted by Crippen LogP contribution is 2.26. The SMILES string of the molecule is Nc1n(CC[NH+]2CCCC2)c2ccccc2[n+]1C[C@H](O)c1ccc(Cl)c(Cl)c1. The van der Waals surface area contributed by atoms with Crippen molar-refractivity contribution in [3.63, 3.8) is 0 Å². The van der Waals surface area contributed by atoms with Crippen LogP contribution in [-0.2, 0) is 13.1 Å². The molecule has 0 amide bonds. The summed E-state index contributed by atoms with van der Waals surface area (Å²) in [4.78, 5) is 1.64. The summed E-state index contributed by atoms with van der Waals surface area (Å²) in [5, 5.41) is 11.7. The number of nitrogens with one attached hydrogen (secondary N) is 1. The number of aliphatic hydroxyl groups excluding tert-OH is 1. The van der Waals surface area contributed by atoms with E-state index in [0.717, 1.165) is 29.7 Å². The van der Waals surface area contributed by atoms with E-state index in [-0.39, 0.29) is 0 Å². The predicted octanol–water partition coefficient (Wildman–Crippen LogP) is 2.23. The highest BCUT2D eigenvalue weighted by molar-refractivity contribution is 6.42. The summed E-state index contributed by atoms with van der Waals surface area (Å²) in [6.45, 7) is 4.79. The number of imidazole rings is 1. The Morgan fingerprint density at radius 3 is 2.61 bits per heavy atom. The summed E-state index contributed by atoms with van der Waals surface area (Å²) >= 11 is 12.1. The fourth-order valence-corrected chi connectivity index (χ4v) is 4.44. The van der Waals surface area contributed by atoms with Crippen LogP contribution in [0.5, 0.6) is 0 Å². The number of hydrogen-bond donors (Lipinski definition) is 3. The molecule has 5 nitrogen and oxygen atoms in total. The number of aliphatic hydroxyl groups is 1. The number of aromatic nitrogens is 2. The molecule has 1 saturated heterocycles. The van der Waals surface area contributed by atoms with E-state index in [9.17, 15) is 5.11 Å². The zero-order chi connectivity index (χ0) is 19.7. The Bertz CT molecular complexity index is 982. The predicted molar refractivity (Wildman–Crippen MR) is 113 cm³/mol. The van der Waals surface area contributed by atoms with Crippen molar-refractivity contribution in [1.82, 2.24) is 4.57 Å². The van der Waals surface area contributed by atoms with Crippen LogP contribution in [0.2, 0.25) is 10.0 Å². The van der Waals surface area contributed by atoms with Gasteiger partial charge in [-0.2, -0.15) is 0 Å². The molecule has 2 heterocycles. The Balaban J connectivity index is 1.62. The topological polar surface area (TPSA) is 59.5 Å². The average molecular weight is 421 g/mol. The number of quaternary nitrogens is 1. The van der Waals surface area contributed by atoms with Gasteiger partial charge in [0.15, 0.2) is 0 Å². The molecular weight excluding hydrogens is 395 g/mol. The molecule has 0 aliphatic carbocycles. The quantitative estimate of drug-likeness (QED) is 0.535. The largest absolute Gasteiger partial charge is 0.385 e. The van der Waals surface area contributed by atoms with Gasteiger partial charge in [0.2, 0.25) is 0 Å². The molecule has 0 unspecified atom stereocenters. The van der Waals surface area contributed by atoms with E-state index in [0.29, 0.717) is 22.5 Å². The number of rotatable bonds is 6. The van der Waals surface area contributed by atoms with Gasteiger partial charge in [0.25, 0.3) is 0 Å². The Hall–Kier alpha value is -1.79. The van der Waals surface area contributed by atoms with E-state index in [1.165, 1.54) is 25.9 Å². The molecule has 28 heavy (non-hydrogen) atoms. The molecule has 0 bridgehead atoms. The fourth-order valence-electron chi connectivity index (χ4n) is 4.13.